The van der Waals surface area contributed by atoms with E-state index in [0.29, 0.717) is 17.9 Å². The zero-order chi connectivity index (χ0) is 13.7. The van der Waals surface area contributed by atoms with Gasteiger partial charge >= 0.3 is 0 Å². The van der Waals surface area contributed by atoms with E-state index < -0.39 is 0 Å². The summed E-state index contributed by atoms with van der Waals surface area (Å²) in [5.74, 6) is 5.48. The van der Waals surface area contributed by atoms with Crippen molar-refractivity contribution in [2.45, 2.75) is 6.92 Å². The summed E-state index contributed by atoms with van der Waals surface area (Å²) in [6.45, 7) is 2.26. The number of nitrogens with one attached hydrogen (secondary N) is 1. The topological polar surface area (TPSA) is 80.9 Å². The zero-order valence-corrected chi connectivity index (χ0v) is 11.1. The Morgan fingerprint density at radius 3 is 3.05 bits per heavy atom. The van der Waals surface area contributed by atoms with Gasteiger partial charge in [-0.15, -0.1) is 5.10 Å². The predicted octanol–water partition coefficient (Wildman–Crippen LogP) is 1.41. The Hall–Kier alpha value is -2.23. The minimum Gasteiger partial charge on any atom is -0.321 e. The monoisotopic (exact) mass is 272 g/mol. The highest BCUT2D eigenvalue weighted by atomic mass is 32.1. The molecule has 0 aliphatic carbocycles. The Morgan fingerprint density at radius 2 is 2.37 bits per heavy atom. The summed E-state index contributed by atoms with van der Waals surface area (Å²) in [5, 5.41) is 8.06. The number of carbonyl (C=O) groups excluding carboxylic acids is 1. The quantitative estimate of drug-likeness (QED) is 0.810. The number of hydrogen-bond donors (Lipinski definition) is 2. The Labute approximate surface area is 115 Å². The largest absolute Gasteiger partial charge is 0.321 e. The molecule has 96 valence electrons. The summed E-state index contributed by atoms with van der Waals surface area (Å²) in [6.07, 6.45) is 0. The number of hydrogen-bond acceptors (Lipinski definition) is 5. The zero-order valence-electron chi connectivity index (χ0n) is 10.3. The summed E-state index contributed by atoms with van der Waals surface area (Å²) >= 11 is 1.14. The number of aromatic nitrogens is 2. The molecule has 0 bridgehead atoms. The number of amides is 1. The van der Waals surface area contributed by atoms with Crippen LogP contribution < -0.4 is 11.1 Å². The predicted molar refractivity (Wildman–Crippen MR) is 75.0 cm³/mol. The lowest BCUT2D eigenvalue weighted by Gasteiger charge is -2.05. The molecule has 5 nitrogen and oxygen atoms in total. The summed E-state index contributed by atoms with van der Waals surface area (Å²) in [5.41, 5.74) is 8.21. The molecule has 0 spiro atoms. The SMILES string of the molecule is Cc1ccc(NC(=O)c2csnn2)cc1C#CCN. The van der Waals surface area contributed by atoms with Gasteiger partial charge in [-0.25, -0.2) is 0 Å². The van der Waals surface area contributed by atoms with E-state index in [1.807, 2.05) is 25.1 Å². The van der Waals surface area contributed by atoms with Crippen LogP contribution in [0.2, 0.25) is 0 Å². The third kappa shape index (κ3) is 3.37. The number of nitrogens with zero attached hydrogens (tertiary/aromatic N) is 2. The number of rotatable bonds is 2. The van der Waals surface area contributed by atoms with Gasteiger partial charge in [0.05, 0.1) is 6.54 Å². The van der Waals surface area contributed by atoms with Gasteiger partial charge < -0.3 is 11.1 Å². The second kappa shape index (κ2) is 6.09. The van der Waals surface area contributed by atoms with E-state index >= 15 is 0 Å². The maximum Gasteiger partial charge on any atom is 0.277 e. The molecule has 1 heterocycles. The first kappa shape index (κ1) is 13.2. The van der Waals surface area contributed by atoms with Crippen LogP contribution in [-0.2, 0) is 0 Å². The first-order chi connectivity index (χ1) is 9.20. The molecule has 19 heavy (non-hydrogen) atoms. The maximum atomic E-state index is 11.8. The fourth-order valence-corrected chi connectivity index (χ4v) is 1.88. The summed E-state index contributed by atoms with van der Waals surface area (Å²) in [7, 11) is 0. The molecule has 0 aliphatic rings. The van der Waals surface area contributed by atoms with Crippen molar-refractivity contribution in [3.8, 4) is 11.8 Å². The third-order valence-corrected chi connectivity index (χ3v) is 2.92. The number of aryl methyl sites for hydroxylation is 1. The van der Waals surface area contributed by atoms with Crippen LogP contribution in [0.4, 0.5) is 5.69 Å². The Balaban J connectivity index is 2.19. The van der Waals surface area contributed by atoms with Crippen LogP contribution in [0, 0.1) is 18.8 Å². The molecular formula is C13H12N4OS. The van der Waals surface area contributed by atoms with E-state index in [-0.39, 0.29) is 5.91 Å². The fraction of sp³-hybridized carbons (Fsp3) is 0.154. The van der Waals surface area contributed by atoms with Crippen molar-refractivity contribution in [2.24, 2.45) is 5.73 Å². The molecule has 0 fully saturated rings. The normalized spacial score (nSPS) is 9.58. The van der Waals surface area contributed by atoms with Gasteiger partial charge in [0.2, 0.25) is 0 Å². The van der Waals surface area contributed by atoms with E-state index in [0.717, 1.165) is 22.7 Å². The average Bonchev–Trinajstić information content (AvgIpc) is 2.93. The molecule has 3 N–H and O–H groups in total. The van der Waals surface area contributed by atoms with Crippen molar-refractivity contribution in [1.82, 2.24) is 9.59 Å². The van der Waals surface area contributed by atoms with Gasteiger partial charge in [0.15, 0.2) is 5.69 Å². The minimum absolute atomic E-state index is 0.282. The van der Waals surface area contributed by atoms with Crippen molar-refractivity contribution in [2.75, 3.05) is 11.9 Å². The third-order valence-electron chi connectivity index (χ3n) is 2.41. The van der Waals surface area contributed by atoms with Gasteiger partial charge in [-0.05, 0) is 36.2 Å². The van der Waals surface area contributed by atoms with Crippen LogP contribution in [0.5, 0.6) is 0 Å². The molecule has 6 heteroatoms. The van der Waals surface area contributed by atoms with E-state index in [2.05, 4.69) is 26.7 Å². The molecule has 0 atom stereocenters. The van der Waals surface area contributed by atoms with Gasteiger partial charge in [0.1, 0.15) is 0 Å². The van der Waals surface area contributed by atoms with Crippen molar-refractivity contribution in [3.63, 3.8) is 0 Å². The number of carbonyl (C=O) groups is 1. The standard InChI is InChI=1S/C13H12N4OS/c1-9-4-5-11(7-10(9)3-2-6-14)15-13(18)12-8-19-17-16-12/h4-5,7-8H,6,14H2,1H3,(H,15,18). The molecule has 0 saturated heterocycles. The van der Waals surface area contributed by atoms with Crippen molar-refractivity contribution < 1.29 is 4.79 Å². The van der Waals surface area contributed by atoms with Crippen LogP contribution in [0.1, 0.15) is 21.6 Å². The van der Waals surface area contributed by atoms with Gasteiger partial charge in [0.25, 0.3) is 5.91 Å². The van der Waals surface area contributed by atoms with Gasteiger partial charge in [0, 0.05) is 16.6 Å². The molecule has 2 rings (SSSR count). The second-order valence-corrected chi connectivity index (χ2v) is 4.39. The minimum atomic E-state index is -0.282. The Morgan fingerprint density at radius 1 is 1.53 bits per heavy atom. The molecule has 2 aromatic rings. The smallest absolute Gasteiger partial charge is 0.277 e. The highest BCUT2D eigenvalue weighted by molar-refractivity contribution is 7.03. The van der Waals surface area contributed by atoms with Gasteiger partial charge in [-0.2, -0.15) is 0 Å². The Bertz CT molecular complexity index is 640. The molecule has 0 saturated carbocycles. The van der Waals surface area contributed by atoms with Gasteiger partial charge in [-0.1, -0.05) is 22.4 Å². The van der Waals surface area contributed by atoms with Crippen LogP contribution >= 0.6 is 11.5 Å². The molecule has 0 unspecified atom stereocenters. The molecule has 1 aromatic heterocycles. The molecule has 1 amide bonds. The van der Waals surface area contributed by atoms with E-state index in [1.165, 1.54) is 0 Å². The number of nitrogens with two attached hydrogens (primary N) is 1. The van der Waals surface area contributed by atoms with Crippen LogP contribution in [0.15, 0.2) is 23.6 Å². The van der Waals surface area contributed by atoms with E-state index in [1.54, 1.807) is 5.38 Å². The van der Waals surface area contributed by atoms with Crippen LogP contribution in [-0.4, -0.2) is 22.0 Å². The van der Waals surface area contributed by atoms with Crippen molar-refractivity contribution >= 4 is 23.1 Å². The second-order valence-electron chi connectivity index (χ2n) is 3.78. The van der Waals surface area contributed by atoms with Crippen LogP contribution in [0.25, 0.3) is 0 Å². The molecular weight excluding hydrogens is 260 g/mol. The van der Waals surface area contributed by atoms with Gasteiger partial charge in [-0.3, -0.25) is 4.79 Å². The highest BCUT2D eigenvalue weighted by Gasteiger charge is 2.09. The lowest BCUT2D eigenvalue weighted by molar-refractivity contribution is 0.102. The number of anilines is 1. The summed E-state index contributed by atoms with van der Waals surface area (Å²) in [4.78, 5) is 11.8. The van der Waals surface area contributed by atoms with Crippen molar-refractivity contribution in [1.29, 1.82) is 0 Å². The molecule has 1 aromatic carbocycles. The first-order valence-corrected chi connectivity index (χ1v) is 6.42. The average molecular weight is 272 g/mol. The first-order valence-electron chi connectivity index (χ1n) is 5.58. The lowest BCUT2D eigenvalue weighted by atomic mass is 10.1. The summed E-state index contributed by atoms with van der Waals surface area (Å²) < 4.78 is 3.65. The fourth-order valence-electron chi connectivity index (χ4n) is 1.44. The van der Waals surface area contributed by atoms with E-state index in [4.69, 9.17) is 5.73 Å². The maximum absolute atomic E-state index is 11.8. The Kier molecular flexibility index (Phi) is 4.23. The highest BCUT2D eigenvalue weighted by Crippen LogP contribution is 2.15. The molecule has 0 aliphatic heterocycles. The van der Waals surface area contributed by atoms with Crippen LogP contribution in [0.3, 0.4) is 0 Å². The lowest BCUT2D eigenvalue weighted by Crippen LogP contribution is -2.12. The summed E-state index contributed by atoms with van der Waals surface area (Å²) in [6, 6.07) is 5.53. The van der Waals surface area contributed by atoms with Crippen molar-refractivity contribution in [3.05, 3.63) is 40.4 Å². The molecule has 0 radical (unpaired) electrons. The van der Waals surface area contributed by atoms with E-state index in [9.17, 15) is 4.79 Å². The number of benzene rings is 1.